The number of benzene rings is 3. The van der Waals surface area contributed by atoms with Crippen LogP contribution in [0, 0.1) is 5.82 Å². The Morgan fingerprint density at radius 2 is 1.84 bits per heavy atom. The third-order valence-electron chi connectivity index (χ3n) is 5.52. The zero-order valence-corrected chi connectivity index (χ0v) is 18.6. The maximum atomic E-state index is 13.3. The standard InChI is InChI=1S/C24H19FN2O3S2/c25-18-9-11-19(12-10-18)32(29,30)27-13-3-4-17-8-7-16(14-21(17)27)15-22(28)24-26-20-5-1-2-6-23(20)31-24/h1-2,5-12,14H,3-4,13,15H2. The molecule has 0 fully saturated rings. The quantitative estimate of drug-likeness (QED) is 0.388. The van der Waals surface area contributed by atoms with E-state index >= 15 is 0 Å². The van der Waals surface area contributed by atoms with Crippen molar-refractivity contribution in [3.8, 4) is 0 Å². The van der Waals surface area contributed by atoms with Crippen molar-refractivity contribution in [3.05, 3.63) is 88.7 Å². The summed E-state index contributed by atoms with van der Waals surface area (Å²) in [6.07, 6.45) is 1.59. The Morgan fingerprint density at radius 3 is 2.62 bits per heavy atom. The first kappa shape index (κ1) is 20.8. The molecular formula is C24H19FN2O3S2. The first-order valence-electron chi connectivity index (χ1n) is 10.2. The molecular weight excluding hydrogens is 447 g/mol. The second-order valence-corrected chi connectivity index (χ2v) is 10.6. The largest absolute Gasteiger partial charge is 0.291 e. The number of ketones is 1. The number of fused-ring (bicyclic) bond motifs is 2. The van der Waals surface area contributed by atoms with E-state index < -0.39 is 15.8 Å². The number of anilines is 1. The summed E-state index contributed by atoms with van der Waals surface area (Å²) in [4.78, 5) is 17.3. The zero-order chi connectivity index (χ0) is 22.3. The molecule has 0 unspecified atom stereocenters. The Bertz CT molecular complexity index is 1400. The van der Waals surface area contributed by atoms with Crippen molar-refractivity contribution >= 4 is 43.0 Å². The molecule has 162 valence electrons. The molecule has 8 heteroatoms. The van der Waals surface area contributed by atoms with Gasteiger partial charge in [-0.15, -0.1) is 11.3 Å². The lowest BCUT2D eigenvalue weighted by Crippen LogP contribution is -2.35. The van der Waals surface area contributed by atoms with Crippen molar-refractivity contribution in [2.75, 3.05) is 10.8 Å². The highest BCUT2D eigenvalue weighted by molar-refractivity contribution is 7.92. The van der Waals surface area contributed by atoms with E-state index in [4.69, 9.17) is 0 Å². The first-order valence-corrected chi connectivity index (χ1v) is 12.5. The van der Waals surface area contributed by atoms with Crippen LogP contribution in [0.4, 0.5) is 10.1 Å². The van der Waals surface area contributed by atoms with Gasteiger partial charge in [-0.1, -0.05) is 24.3 Å². The normalized spacial score (nSPS) is 13.8. The monoisotopic (exact) mass is 466 g/mol. The summed E-state index contributed by atoms with van der Waals surface area (Å²) in [5, 5.41) is 0.444. The van der Waals surface area contributed by atoms with Crippen LogP contribution in [0.1, 0.15) is 27.3 Å². The van der Waals surface area contributed by atoms with Crippen LogP contribution >= 0.6 is 11.3 Å². The van der Waals surface area contributed by atoms with Crippen molar-refractivity contribution in [3.63, 3.8) is 0 Å². The van der Waals surface area contributed by atoms with Crippen molar-refractivity contribution in [2.45, 2.75) is 24.2 Å². The van der Waals surface area contributed by atoms with Crippen LogP contribution < -0.4 is 4.31 Å². The smallest absolute Gasteiger partial charge is 0.264 e. The number of aromatic nitrogens is 1. The summed E-state index contributed by atoms with van der Waals surface area (Å²) < 4.78 is 42.1. The Balaban J connectivity index is 1.46. The summed E-state index contributed by atoms with van der Waals surface area (Å²) >= 11 is 1.36. The molecule has 5 rings (SSSR count). The average Bonchev–Trinajstić information content (AvgIpc) is 3.23. The summed E-state index contributed by atoms with van der Waals surface area (Å²) in [6, 6.07) is 18.0. The SMILES string of the molecule is O=C(Cc1ccc2c(c1)N(S(=O)(=O)c1ccc(F)cc1)CCC2)c1nc2ccccc2s1. The average molecular weight is 467 g/mol. The fraction of sp³-hybridized carbons (Fsp3) is 0.167. The molecule has 1 aliphatic rings. The van der Waals surface area contributed by atoms with E-state index in [1.165, 1.54) is 27.8 Å². The summed E-state index contributed by atoms with van der Waals surface area (Å²) in [7, 11) is -3.84. The van der Waals surface area contributed by atoms with E-state index in [1.54, 1.807) is 6.07 Å². The van der Waals surface area contributed by atoms with Crippen LogP contribution in [0.3, 0.4) is 0 Å². The fourth-order valence-electron chi connectivity index (χ4n) is 3.93. The number of carbonyl (C=O) groups is 1. The molecule has 32 heavy (non-hydrogen) atoms. The van der Waals surface area contributed by atoms with Crippen LogP contribution in [0.15, 0.2) is 71.6 Å². The molecule has 2 heterocycles. The molecule has 0 aliphatic carbocycles. The molecule has 0 spiro atoms. The van der Waals surface area contributed by atoms with Gasteiger partial charge in [0.1, 0.15) is 5.82 Å². The van der Waals surface area contributed by atoms with Crippen LogP contribution in [-0.2, 0) is 22.9 Å². The van der Waals surface area contributed by atoms with Gasteiger partial charge < -0.3 is 0 Å². The number of para-hydroxylation sites is 1. The zero-order valence-electron chi connectivity index (χ0n) is 17.0. The van der Waals surface area contributed by atoms with E-state index in [0.29, 0.717) is 23.7 Å². The Morgan fingerprint density at radius 1 is 1.06 bits per heavy atom. The van der Waals surface area contributed by atoms with E-state index in [1.807, 2.05) is 36.4 Å². The number of Topliss-reactive ketones (excluding diaryl/α,β-unsaturated/α-hetero) is 1. The molecule has 4 aromatic rings. The second kappa shape index (κ2) is 8.11. The molecule has 0 saturated carbocycles. The third-order valence-corrected chi connectivity index (χ3v) is 8.43. The van der Waals surface area contributed by atoms with Crippen molar-refractivity contribution < 1.29 is 17.6 Å². The highest BCUT2D eigenvalue weighted by atomic mass is 32.2. The first-order chi connectivity index (χ1) is 15.4. The number of thiazole rings is 1. The van der Waals surface area contributed by atoms with Crippen LogP contribution in [0.2, 0.25) is 0 Å². The number of sulfonamides is 1. The van der Waals surface area contributed by atoms with Crippen molar-refractivity contribution in [1.82, 2.24) is 4.98 Å². The van der Waals surface area contributed by atoms with Gasteiger partial charge >= 0.3 is 0 Å². The predicted octanol–water partition coefficient (Wildman–Crippen LogP) is 5.00. The minimum Gasteiger partial charge on any atom is -0.291 e. The van der Waals surface area contributed by atoms with Crippen molar-refractivity contribution in [1.29, 1.82) is 0 Å². The maximum Gasteiger partial charge on any atom is 0.264 e. The Kier molecular flexibility index (Phi) is 5.27. The number of hydrogen-bond donors (Lipinski definition) is 0. The lowest BCUT2D eigenvalue weighted by atomic mass is 9.99. The third kappa shape index (κ3) is 3.80. The van der Waals surface area contributed by atoms with E-state index in [-0.39, 0.29) is 17.1 Å². The lowest BCUT2D eigenvalue weighted by molar-refractivity contribution is 0.0993. The molecule has 1 aliphatic heterocycles. The van der Waals surface area contributed by atoms with E-state index in [9.17, 15) is 17.6 Å². The molecule has 3 aromatic carbocycles. The number of rotatable bonds is 5. The minimum absolute atomic E-state index is 0.0442. The van der Waals surface area contributed by atoms with Gasteiger partial charge in [-0.3, -0.25) is 9.10 Å². The van der Waals surface area contributed by atoms with E-state index in [2.05, 4.69) is 4.98 Å². The molecule has 1 aromatic heterocycles. The number of aryl methyl sites for hydroxylation is 1. The number of carbonyl (C=O) groups excluding carboxylic acids is 1. The van der Waals surface area contributed by atoms with Crippen LogP contribution in [0.5, 0.6) is 0 Å². The van der Waals surface area contributed by atoms with Gasteiger partial charge in [0.25, 0.3) is 10.0 Å². The molecule has 0 radical (unpaired) electrons. The van der Waals surface area contributed by atoms with Gasteiger partial charge in [-0.25, -0.2) is 17.8 Å². The van der Waals surface area contributed by atoms with Gasteiger partial charge in [0.15, 0.2) is 10.8 Å². The van der Waals surface area contributed by atoms with Gasteiger partial charge in [-0.05, 0) is 66.4 Å². The van der Waals surface area contributed by atoms with Crippen molar-refractivity contribution in [2.24, 2.45) is 0 Å². The van der Waals surface area contributed by atoms with E-state index in [0.717, 1.165) is 39.9 Å². The summed E-state index contributed by atoms with van der Waals surface area (Å²) in [5.74, 6) is -0.589. The predicted molar refractivity (Wildman–Crippen MR) is 123 cm³/mol. The maximum absolute atomic E-state index is 13.3. The number of hydrogen-bond acceptors (Lipinski definition) is 5. The summed E-state index contributed by atoms with van der Waals surface area (Å²) in [5.41, 5.74) is 3.02. The minimum atomic E-state index is -3.84. The number of halogens is 1. The van der Waals surface area contributed by atoms with Crippen LogP contribution in [0.25, 0.3) is 10.2 Å². The highest BCUT2D eigenvalue weighted by Gasteiger charge is 2.29. The highest BCUT2D eigenvalue weighted by Crippen LogP contribution is 2.33. The van der Waals surface area contributed by atoms with Gasteiger partial charge in [0, 0.05) is 13.0 Å². The second-order valence-electron chi connectivity index (χ2n) is 7.68. The molecule has 5 nitrogen and oxygen atoms in total. The Hall–Kier alpha value is -3.10. The fourth-order valence-corrected chi connectivity index (χ4v) is 6.37. The van der Waals surface area contributed by atoms with Gasteiger partial charge in [0.05, 0.1) is 20.8 Å². The molecule has 0 bridgehead atoms. The van der Waals surface area contributed by atoms with Gasteiger partial charge in [0.2, 0.25) is 0 Å². The number of nitrogens with zero attached hydrogens (tertiary/aromatic N) is 2. The molecule has 0 amide bonds. The topological polar surface area (TPSA) is 67.3 Å². The van der Waals surface area contributed by atoms with Gasteiger partial charge in [-0.2, -0.15) is 0 Å². The summed E-state index contributed by atoms with van der Waals surface area (Å²) in [6.45, 7) is 0.335. The van der Waals surface area contributed by atoms with Crippen LogP contribution in [-0.4, -0.2) is 25.7 Å². The molecule has 0 saturated heterocycles. The molecule has 0 N–H and O–H groups in total. The lowest BCUT2D eigenvalue weighted by Gasteiger charge is -2.31. The Labute approximate surface area is 189 Å². The molecule has 0 atom stereocenters.